The number of unbranched alkanes of at least 4 members (excludes halogenated alkanes) is 5. The zero-order valence-electron chi connectivity index (χ0n) is 12.6. The molecule has 0 fully saturated rings. The number of rotatable bonds is 13. The molecule has 0 bridgehead atoms. The average Bonchev–Trinajstić information content (AvgIpc) is 2.43. The molecule has 0 aliphatic rings. The summed E-state index contributed by atoms with van der Waals surface area (Å²) in [7, 11) is 0. The summed E-state index contributed by atoms with van der Waals surface area (Å²) in [5, 5.41) is 12.8. The lowest BCUT2D eigenvalue weighted by Gasteiger charge is -1.92. The average molecular weight is 296 g/mol. The van der Waals surface area contributed by atoms with Crippen molar-refractivity contribution in [2.24, 2.45) is 0 Å². The van der Waals surface area contributed by atoms with Crippen molar-refractivity contribution >= 4 is 17.7 Å². The standard InChI is InChI=1S/C17H28O2S/c1-2-3-4-9-12-15-20-16-13-10-7-5-6-8-11-14-17(18)19/h5,7,12-13,15-16H,2-4,6,8-11,14H2,1H3,(H,18,19)/b7-5+,15-12+,16-13+. The molecule has 2 nitrogen and oxygen atoms in total. The van der Waals surface area contributed by atoms with Gasteiger partial charge < -0.3 is 5.11 Å². The summed E-state index contributed by atoms with van der Waals surface area (Å²) in [5.74, 6) is -0.698. The van der Waals surface area contributed by atoms with Gasteiger partial charge in [0.15, 0.2) is 0 Å². The lowest BCUT2D eigenvalue weighted by molar-refractivity contribution is -0.137. The van der Waals surface area contributed by atoms with E-state index in [9.17, 15) is 4.79 Å². The maximum atomic E-state index is 10.3. The smallest absolute Gasteiger partial charge is 0.303 e. The molecule has 0 unspecified atom stereocenters. The molecule has 20 heavy (non-hydrogen) atoms. The second-order valence-corrected chi connectivity index (χ2v) is 5.54. The zero-order chi connectivity index (χ0) is 14.9. The van der Waals surface area contributed by atoms with E-state index in [4.69, 9.17) is 5.11 Å². The maximum absolute atomic E-state index is 10.3. The number of carboxylic acids is 1. The molecule has 0 radical (unpaired) electrons. The van der Waals surface area contributed by atoms with E-state index in [0.29, 0.717) is 0 Å². The van der Waals surface area contributed by atoms with Crippen LogP contribution in [0.1, 0.15) is 64.7 Å². The molecule has 3 heteroatoms. The topological polar surface area (TPSA) is 37.3 Å². The minimum atomic E-state index is -0.698. The van der Waals surface area contributed by atoms with Crippen molar-refractivity contribution in [2.45, 2.75) is 64.7 Å². The Bertz CT molecular complexity index is 306. The van der Waals surface area contributed by atoms with E-state index in [1.54, 1.807) is 11.8 Å². The lowest BCUT2D eigenvalue weighted by Crippen LogP contribution is -1.92. The molecule has 0 amide bonds. The highest BCUT2D eigenvalue weighted by Gasteiger charge is 1.93. The second kappa shape index (κ2) is 16.1. The van der Waals surface area contributed by atoms with Gasteiger partial charge in [-0.2, -0.15) is 0 Å². The first-order valence-corrected chi connectivity index (χ1v) is 8.54. The highest BCUT2D eigenvalue weighted by atomic mass is 32.2. The van der Waals surface area contributed by atoms with E-state index in [2.05, 4.69) is 42.0 Å². The van der Waals surface area contributed by atoms with Gasteiger partial charge in [0.25, 0.3) is 0 Å². The highest BCUT2D eigenvalue weighted by molar-refractivity contribution is 8.04. The van der Waals surface area contributed by atoms with Crippen molar-refractivity contribution in [3.05, 3.63) is 35.1 Å². The van der Waals surface area contributed by atoms with Crippen molar-refractivity contribution in [1.29, 1.82) is 0 Å². The summed E-state index contributed by atoms with van der Waals surface area (Å²) in [5.41, 5.74) is 0. The largest absolute Gasteiger partial charge is 0.481 e. The van der Waals surface area contributed by atoms with Crippen LogP contribution < -0.4 is 0 Å². The van der Waals surface area contributed by atoms with E-state index in [1.165, 1.54) is 25.7 Å². The Hall–Kier alpha value is -0.960. The number of aliphatic carboxylic acids is 1. The van der Waals surface area contributed by atoms with Gasteiger partial charge in [-0.15, -0.1) is 11.8 Å². The minimum absolute atomic E-state index is 0.287. The molecular weight excluding hydrogens is 268 g/mol. The Kier molecular flexibility index (Phi) is 15.3. The Morgan fingerprint density at radius 1 is 0.950 bits per heavy atom. The summed E-state index contributed by atoms with van der Waals surface area (Å²) < 4.78 is 0. The van der Waals surface area contributed by atoms with Gasteiger partial charge in [0, 0.05) is 6.42 Å². The molecule has 114 valence electrons. The summed E-state index contributed by atoms with van der Waals surface area (Å²) >= 11 is 1.73. The van der Waals surface area contributed by atoms with Crippen LogP contribution in [0.5, 0.6) is 0 Å². The first kappa shape index (κ1) is 19.0. The van der Waals surface area contributed by atoms with E-state index < -0.39 is 5.97 Å². The Morgan fingerprint density at radius 2 is 1.65 bits per heavy atom. The molecule has 1 N–H and O–H groups in total. The first-order valence-electron chi connectivity index (χ1n) is 7.59. The minimum Gasteiger partial charge on any atom is -0.481 e. The van der Waals surface area contributed by atoms with Crippen molar-refractivity contribution in [1.82, 2.24) is 0 Å². The monoisotopic (exact) mass is 296 g/mol. The first-order chi connectivity index (χ1) is 9.77. The lowest BCUT2D eigenvalue weighted by atomic mass is 10.2. The van der Waals surface area contributed by atoms with Crippen LogP contribution in [0.4, 0.5) is 0 Å². The summed E-state index contributed by atoms with van der Waals surface area (Å²) in [4.78, 5) is 10.3. The Morgan fingerprint density at radius 3 is 2.40 bits per heavy atom. The normalized spacial score (nSPS) is 12.1. The summed E-state index contributed by atoms with van der Waals surface area (Å²) in [6.45, 7) is 2.22. The molecule has 0 rings (SSSR count). The van der Waals surface area contributed by atoms with Gasteiger partial charge in [0.2, 0.25) is 0 Å². The van der Waals surface area contributed by atoms with Crippen LogP contribution in [0.3, 0.4) is 0 Å². The molecule has 0 aromatic carbocycles. The van der Waals surface area contributed by atoms with Gasteiger partial charge in [0.05, 0.1) is 0 Å². The molecule has 0 aliphatic heterocycles. The van der Waals surface area contributed by atoms with Crippen LogP contribution >= 0.6 is 11.8 Å². The van der Waals surface area contributed by atoms with Crippen molar-refractivity contribution in [3.63, 3.8) is 0 Å². The SMILES string of the molecule is CCCCC/C=C/S/C=C/C/C=C/CCCCC(=O)O. The van der Waals surface area contributed by atoms with Crippen molar-refractivity contribution < 1.29 is 9.90 Å². The molecule has 0 aromatic rings. The van der Waals surface area contributed by atoms with Crippen LogP contribution in [-0.4, -0.2) is 11.1 Å². The number of thioether (sulfide) groups is 1. The second-order valence-electron chi connectivity index (χ2n) is 4.72. The Labute approximate surface area is 128 Å². The van der Waals surface area contributed by atoms with Gasteiger partial charge in [0.1, 0.15) is 0 Å². The molecule has 0 atom stereocenters. The highest BCUT2D eigenvalue weighted by Crippen LogP contribution is 2.08. The third-order valence-electron chi connectivity index (χ3n) is 2.77. The maximum Gasteiger partial charge on any atom is 0.303 e. The predicted octanol–water partition coefficient (Wildman–Crippen LogP) is 5.92. The third kappa shape index (κ3) is 17.0. The van der Waals surface area contributed by atoms with Crippen LogP contribution in [0.2, 0.25) is 0 Å². The van der Waals surface area contributed by atoms with Crippen molar-refractivity contribution in [2.75, 3.05) is 0 Å². The van der Waals surface area contributed by atoms with Gasteiger partial charge in [-0.05, 0) is 49.3 Å². The summed E-state index contributed by atoms with van der Waals surface area (Å²) in [6, 6.07) is 0. The quantitative estimate of drug-likeness (QED) is 0.338. The van der Waals surface area contributed by atoms with Gasteiger partial charge in [-0.25, -0.2) is 0 Å². The van der Waals surface area contributed by atoms with E-state index in [-0.39, 0.29) is 6.42 Å². The van der Waals surface area contributed by atoms with Gasteiger partial charge >= 0.3 is 5.97 Å². The number of allylic oxidation sites excluding steroid dienone is 4. The van der Waals surface area contributed by atoms with E-state index in [1.807, 2.05) is 0 Å². The molecule has 0 saturated heterocycles. The number of carbonyl (C=O) groups is 1. The van der Waals surface area contributed by atoms with Crippen molar-refractivity contribution in [3.8, 4) is 0 Å². The number of hydrogen-bond donors (Lipinski definition) is 1. The molecule has 0 heterocycles. The summed E-state index contributed by atoms with van der Waals surface area (Å²) in [6.07, 6.45) is 17.7. The van der Waals surface area contributed by atoms with Gasteiger partial charge in [-0.1, -0.05) is 44.1 Å². The number of carboxylic acid groups (broad SMARTS) is 1. The predicted molar refractivity (Wildman–Crippen MR) is 89.9 cm³/mol. The molecule has 0 aliphatic carbocycles. The fraction of sp³-hybridized carbons (Fsp3) is 0.588. The van der Waals surface area contributed by atoms with Gasteiger partial charge in [-0.3, -0.25) is 4.79 Å². The molecular formula is C17H28O2S. The fourth-order valence-corrected chi connectivity index (χ4v) is 2.18. The van der Waals surface area contributed by atoms with E-state index >= 15 is 0 Å². The van der Waals surface area contributed by atoms with Crippen LogP contribution in [-0.2, 0) is 4.79 Å². The van der Waals surface area contributed by atoms with Crippen LogP contribution in [0, 0.1) is 0 Å². The third-order valence-corrected chi connectivity index (χ3v) is 3.47. The van der Waals surface area contributed by atoms with Crippen LogP contribution in [0.25, 0.3) is 0 Å². The zero-order valence-corrected chi connectivity index (χ0v) is 13.4. The molecule has 0 saturated carbocycles. The van der Waals surface area contributed by atoms with E-state index in [0.717, 1.165) is 25.7 Å². The molecule has 0 aromatic heterocycles. The fourth-order valence-electron chi connectivity index (χ4n) is 1.62. The molecule has 0 spiro atoms. The number of hydrogen-bond acceptors (Lipinski definition) is 2. The Balaban J connectivity index is 3.32. The van der Waals surface area contributed by atoms with Crippen LogP contribution in [0.15, 0.2) is 35.1 Å².